The van der Waals surface area contributed by atoms with Gasteiger partial charge in [0.2, 0.25) is 0 Å². The third kappa shape index (κ3) is 2.27. The number of rotatable bonds is 1. The molecule has 5 N–H and O–H groups in total. The van der Waals surface area contributed by atoms with Crippen LogP contribution in [-0.4, -0.2) is 12.1 Å². The second-order valence-electron chi connectivity index (χ2n) is 2.07. The minimum atomic E-state index is -0.113. The van der Waals surface area contributed by atoms with Crippen LogP contribution in [-0.2, 0) is 0 Å². The Kier molecular flexibility index (Phi) is 2.53. The lowest BCUT2D eigenvalue weighted by molar-refractivity contribution is 0.643. The van der Waals surface area contributed by atoms with Gasteiger partial charge in [-0.1, -0.05) is 15.9 Å². The van der Waals surface area contributed by atoms with Crippen molar-refractivity contribution >= 4 is 21.9 Å². The molecule has 1 unspecified atom stereocenters. The van der Waals surface area contributed by atoms with Crippen LogP contribution >= 0.6 is 15.9 Å². The number of guanidine groups is 1. The maximum atomic E-state index is 6.98. The lowest BCUT2D eigenvalue weighted by Gasteiger charge is -2.20. The first-order valence-corrected chi connectivity index (χ1v) is 3.88. The fourth-order valence-corrected chi connectivity index (χ4v) is 1.13. The molecule has 1 aliphatic rings. The highest BCUT2D eigenvalue weighted by Gasteiger charge is 2.10. The number of hydrogen-bond acceptors (Lipinski definition) is 2. The molecule has 0 aromatic carbocycles. The van der Waals surface area contributed by atoms with Crippen LogP contribution in [0.15, 0.2) is 22.8 Å². The molecule has 0 aromatic heterocycles. The van der Waals surface area contributed by atoms with Crippen molar-refractivity contribution in [2.75, 3.05) is 0 Å². The van der Waals surface area contributed by atoms with Gasteiger partial charge in [-0.25, -0.2) is 0 Å². The van der Waals surface area contributed by atoms with E-state index in [2.05, 4.69) is 26.6 Å². The maximum absolute atomic E-state index is 6.98. The van der Waals surface area contributed by atoms with Gasteiger partial charge in [0.15, 0.2) is 5.96 Å². The molecule has 60 valence electrons. The number of nitrogens with two attached hydrogens (primary N) is 1. The first-order chi connectivity index (χ1) is 5.20. The highest BCUT2D eigenvalue weighted by molar-refractivity contribution is 9.11. The monoisotopic (exact) mass is 216 g/mol. The van der Waals surface area contributed by atoms with Gasteiger partial charge in [-0.3, -0.25) is 5.41 Å². The summed E-state index contributed by atoms with van der Waals surface area (Å²) in [4.78, 5) is 0. The Morgan fingerprint density at radius 1 is 1.82 bits per heavy atom. The van der Waals surface area contributed by atoms with Crippen LogP contribution in [0.2, 0.25) is 0 Å². The summed E-state index contributed by atoms with van der Waals surface area (Å²) in [5, 5.41) is 12.7. The predicted molar refractivity (Wildman–Crippen MR) is 48.1 cm³/mol. The van der Waals surface area contributed by atoms with Crippen molar-refractivity contribution in [3.05, 3.63) is 22.8 Å². The number of allylic oxidation sites excluding steroid dienone is 2. The quantitative estimate of drug-likeness (QED) is 0.374. The Morgan fingerprint density at radius 2 is 2.55 bits per heavy atom. The van der Waals surface area contributed by atoms with E-state index in [1.165, 1.54) is 0 Å². The van der Waals surface area contributed by atoms with Gasteiger partial charge in [-0.05, 0) is 18.4 Å². The molecule has 4 nitrogen and oxygen atoms in total. The topological polar surface area (TPSA) is 73.9 Å². The van der Waals surface area contributed by atoms with Gasteiger partial charge in [0.25, 0.3) is 0 Å². The zero-order chi connectivity index (χ0) is 8.27. The van der Waals surface area contributed by atoms with Gasteiger partial charge in [-0.2, -0.15) is 0 Å². The summed E-state index contributed by atoms with van der Waals surface area (Å²) < 4.78 is 0.926. The first-order valence-electron chi connectivity index (χ1n) is 3.09. The highest BCUT2D eigenvalue weighted by atomic mass is 79.9. The van der Waals surface area contributed by atoms with Crippen molar-refractivity contribution in [1.29, 1.82) is 5.41 Å². The van der Waals surface area contributed by atoms with Gasteiger partial charge in [0, 0.05) is 4.48 Å². The van der Waals surface area contributed by atoms with E-state index in [0.29, 0.717) is 0 Å². The molecule has 0 saturated carbocycles. The minimum Gasteiger partial charge on any atom is -0.370 e. The Morgan fingerprint density at radius 3 is 3.09 bits per heavy atom. The molecule has 0 aliphatic carbocycles. The molecule has 1 heterocycles. The summed E-state index contributed by atoms with van der Waals surface area (Å²) in [6, 6.07) is 0. The average molecular weight is 217 g/mol. The smallest absolute Gasteiger partial charge is 0.187 e. The Balaban J connectivity index is 2.54. The normalized spacial score (nSPS) is 21.9. The minimum absolute atomic E-state index is 0.0526. The molecule has 0 radical (unpaired) electrons. The van der Waals surface area contributed by atoms with E-state index in [0.717, 1.165) is 4.48 Å². The van der Waals surface area contributed by atoms with E-state index >= 15 is 0 Å². The lowest BCUT2D eigenvalue weighted by Crippen LogP contribution is -2.47. The van der Waals surface area contributed by atoms with Gasteiger partial charge >= 0.3 is 0 Å². The molecule has 1 aliphatic heterocycles. The number of hydrogen-bond donors (Lipinski definition) is 4. The summed E-state index contributed by atoms with van der Waals surface area (Å²) >= 11 is 3.32. The summed E-state index contributed by atoms with van der Waals surface area (Å²) in [6.45, 7) is 0. The van der Waals surface area contributed by atoms with Gasteiger partial charge < -0.3 is 16.4 Å². The lowest BCUT2D eigenvalue weighted by atomic mass is 10.3. The van der Waals surface area contributed by atoms with E-state index in [1.807, 2.05) is 12.2 Å². The van der Waals surface area contributed by atoms with Gasteiger partial charge in [-0.15, -0.1) is 0 Å². The molecule has 0 saturated heterocycles. The molecule has 11 heavy (non-hydrogen) atoms. The van der Waals surface area contributed by atoms with E-state index in [1.54, 1.807) is 6.20 Å². The molecular weight excluding hydrogens is 208 g/mol. The third-order valence-electron chi connectivity index (χ3n) is 1.19. The zero-order valence-corrected chi connectivity index (χ0v) is 7.35. The average Bonchev–Trinajstić information content (AvgIpc) is 1.93. The van der Waals surface area contributed by atoms with E-state index in [9.17, 15) is 0 Å². The fourth-order valence-electron chi connectivity index (χ4n) is 0.734. The molecule has 0 bridgehead atoms. The van der Waals surface area contributed by atoms with Crippen molar-refractivity contribution in [2.45, 2.75) is 6.17 Å². The molecule has 0 spiro atoms. The molecule has 0 amide bonds. The Hall–Kier alpha value is -0.970. The molecular formula is C6H9BrN4. The molecule has 1 rings (SSSR count). The number of nitrogens with one attached hydrogen (secondary N) is 3. The number of halogens is 1. The van der Waals surface area contributed by atoms with Crippen LogP contribution in [0.3, 0.4) is 0 Å². The maximum Gasteiger partial charge on any atom is 0.187 e. The highest BCUT2D eigenvalue weighted by Crippen LogP contribution is 2.11. The van der Waals surface area contributed by atoms with Crippen LogP contribution in [0.4, 0.5) is 0 Å². The predicted octanol–water partition coefficient (Wildman–Crippen LogP) is 0.191. The van der Waals surface area contributed by atoms with Crippen molar-refractivity contribution in [1.82, 2.24) is 10.6 Å². The Bertz CT molecular complexity index is 221. The van der Waals surface area contributed by atoms with Crippen LogP contribution in [0.1, 0.15) is 0 Å². The second kappa shape index (κ2) is 3.43. The second-order valence-corrected chi connectivity index (χ2v) is 2.98. The molecule has 5 heteroatoms. The van der Waals surface area contributed by atoms with Gasteiger partial charge in [0.05, 0.1) is 0 Å². The van der Waals surface area contributed by atoms with Crippen molar-refractivity contribution in [2.24, 2.45) is 5.73 Å². The first kappa shape index (κ1) is 8.13. The fraction of sp³-hybridized carbons (Fsp3) is 0.167. The van der Waals surface area contributed by atoms with Crippen molar-refractivity contribution in [3.8, 4) is 0 Å². The number of dihydropyridines is 1. The van der Waals surface area contributed by atoms with E-state index in [4.69, 9.17) is 11.1 Å². The van der Waals surface area contributed by atoms with Crippen LogP contribution in [0.25, 0.3) is 0 Å². The Labute approximate surface area is 73.2 Å². The van der Waals surface area contributed by atoms with Crippen molar-refractivity contribution < 1.29 is 0 Å². The van der Waals surface area contributed by atoms with Crippen LogP contribution in [0, 0.1) is 5.41 Å². The molecule has 0 fully saturated rings. The summed E-state index contributed by atoms with van der Waals surface area (Å²) in [7, 11) is 0. The molecule has 1 atom stereocenters. The van der Waals surface area contributed by atoms with Gasteiger partial charge in [0.1, 0.15) is 6.17 Å². The summed E-state index contributed by atoms with van der Waals surface area (Å²) in [6.07, 6.45) is 5.42. The van der Waals surface area contributed by atoms with Crippen LogP contribution < -0.4 is 16.4 Å². The van der Waals surface area contributed by atoms with E-state index in [-0.39, 0.29) is 12.1 Å². The SMILES string of the molecule is N=C(N)NC1NC=CC=C1Br. The van der Waals surface area contributed by atoms with E-state index < -0.39 is 0 Å². The van der Waals surface area contributed by atoms with Crippen LogP contribution in [0.5, 0.6) is 0 Å². The van der Waals surface area contributed by atoms with Crippen molar-refractivity contribution in [3.63, 3.8) is 0 Å². The summed E-state index contributed by atoms with van der Waals surface area (Å²) in [5.74, 6) is -0.0526. The zero-order valence-electron chi connectivity index (χ0n) is 5.76. The largest absolute Gasteiger partial charge is 0.370 e. The molecule has 0 aromatic rings. The summed E-state index contributed by atoms with van der Waals surface area (Å²) in [5.41, 5.74) is 5.15. The third-order valence-corrected chi connectivity index (χ3v) is 1.91. The standard InChI is InChI=1S/C6H9BrN4/c7-4-2-1-3-10-5(4)11-6(8)9/h1-3,5,10H,(H4,8,9,11).